The molecule has 0 aliphatic rings. The second-order valence-corrected chi connectivity index (χ2v) is 2.72. The van der Waals surface area contributed by atoms with Gasteiger partial charge in [-0.05, 0) is 18.2 Å². The summed E-state index contributed by atoms with van der Waals surface area (Å²) in [5.41, 5.74) is 1.04. The van der Waals surface area contributed by atoms with E-state index in [9.17, 15) is 4.39 Å². The fourth-order valence-electron chi connectivity index (χ4n) is 1.32. The van der Waals surface area contributed by atoms with Gasteiger partial charge < -0.3 is 5.84 Å². The Kier molecular flexibility index (Phi) is 1.46. The molecule has 0 aliphatic heterocycles. The Hall–Kier alpha value is -2.02. The molecule has 0 saturated carbocycles. The molecule has 0 atom stereocenters. The maximum absolute atomic E-state index is 12.8. The first-order valence-electron chi connectivity index (χ1n) is 3.68. The van der Waals surface area contributed by atoms with Crippen molar-refractivity contribution >= 4 is 10.9 Å². The monoisotopic (exact) mass is 175 g/mol. The lowest BCUT2D eigenvalue weighted by molar-refractivity contribution is 0.629. The minimum Gasteiger partial charge on any atom is -0.339 e. The van der Waals surface area contributed by atoms with Crippen LogP contribution < -0.4 is 5.84 Å². The summed E-state index contributed by atoms with van der Waals surface area (Å²) >= 11 is 0. The number of benzene rings is 1. The Labute approximate surface area is 73.8 Å². The molecule has 0 spiro atoms. The van der Waals surface area contributed by atoms with E-state index in [-0.39, 0.29) is 5.82 Å². The Morgan fingerprint density at radius 1 is 1.46 bits per heavy atom. The van der Waals surface area contributed by atoms with Gasteiger partial charge in [-0.25, -0.2) is 4.39 Å². The number of nitrogen functional groups attached to an aromatic ring is 1. The molecule has 0 amide bonds. The Morgan fingerprint density at radius 2 is 2.23 bits per heavy atom. The normalized spacial score (nSPS) is 10.2. The highest BCUT2D eigenvalue weighted by molar-refractivity contribution is 5.86. The molecule has 0 saturated heterocycles. The highest BCUT2D eigenvalue weighted by Gasteiger charge is 2.06. The number of hydrogen-bond donors (Lipinski definition) is 1. The molecule has 1 heterocycles. The fourth-order valence-corrected chi connectivity index (χ4v) is 1.32. The number of fused-ring (bicyclic) bond motifs is 1. The van der Waals surface area contributed by atoms with Crippen LogP contribution in [0, 0.1) is 17.1 Å². The maximum atomic E-state index is 12.8. The number of halogens is 1. The second-order valence-electron chi connectivity index (χ2n) is 2.72. The van der Waals surface area contributed by atoms with Gasteiger partial charge in [-0.3, -0.25) is 4.68 Å². The minimum absolute atomic E-state index is 0.366. The van der Waals surface area contributed by atoms with Crippen molar-refractivity contribution in [2.24, 2.45) is 0 Å². The molecule has 2 aromatic rings. The van der Waals surface area contributed by atoms with Crippen LogP contribution in [-0.2, 0) is 0 Å². The molecule has 0 unspecified atom stereocenters. The Bertz CT molecular complexity index is 507. The number of nitrogens with two attached hydrogens (primary N) is 1. The zero-order chi connectivity index (χ0) is 9.42. The largest absolute Gasteiger partial charge is 0.339 e. The molecular weight excluding hydrogens is 169 g/mol. The second kappa shape index (κ2) is 2.49. The van der Waals surface area contributed by atoms with Gasteiger partial charge in [0.2, 0.25) is 0 Å². The van der Waals surface area contributed by atoms with Crippen LogP contribution in [0.4, 0.5) is 4.39 Å². The molecular formula is C9H6FN3. The van der Waals surface area contributed by atoms with Crippen LogP contribution in [0.2, 0.25) is 0 Å². The third-order valence-corrected chi connectivity index (χ3v) is 1.92. The van der Waals surface area contributed by atoms with Crippen LogP contribution in [0.1, 0.15) is 5.56 Å². The SMILES string of the molecule is N#Cc1cn(N)c2ccc(F)cc12. The highest BCUT2D eigenvalue weighted by atomic mass is 19.1. The average Bonchev–Trinajstić information content (AvgIpc) is 2.42. The number of rotatable bonds is 0. The summed E-state index contributed by atoms with van der Waals surface area (Å²) in [6.45, 7) is 0. The van der Waals surface area contributed by atoms with Crippen LogP contribution >= 0.6 is 0 Å². The zero-order valence-corrected chi connectivity index (χ0v) is 6.66. The van der Waals surface area contributed by atoms with Gasteiger partial charge in [-0.2, -0.15) is 5.26 Å². The van der Waals surface area contributed by atoms with Crippen LogP contribution in [0.15, 0.2) is 24.4 Å². The van der Waals surface area contributed by atoms with E-state index in [1.54, 1.807) is 6.07 Å². The molecule has 2 N–H and O–H groups in total. The summed E-state index contributed by atoms with van der Waals surface area (Å²) in [4.78, 5) is 0. The number of nitriles is 1. The molecule has 3 nitrogen and oxygen atoms in total. The molecule has 2 rings (SSSR count). The number of hydrogen-bond acceptors (Lipinski definition) is 2. The molecule has 64 valence electrons. The van der Waals surface area contributed by atoms with Gasteiger partial charge in [0.1, 0.15) is 11.9 Å². The highest BCUT2D eigenvalue weighted by Crippen LogP contribution is 2.19. The first-order valence-corrected chi connectivity index (χ1v) is 3.68. The first-order chi connectivity index (χ1) is 6.22. The Morgan fingerprint density at radius 3 is 2.92 bits per heavy atom. The zero-order valence-electron chi connectivity index (χ0n) is 6.66. The molecule has 13 heavy (non-hydrogen) atoms. The third kappa shape index (κ3) is 1.02. The quantitative estimate of drug-likeness (QED) is 0.614. The molecule has 0 fully saturated rings. The van der Waals surface area contributed by atoms with Crippen molar-refractivity contribution in [2.75, 3.05) is 5.84 Å². The number of nitrogens with zero attached hydrogens (tertiary/aromatic N) is 2. The molecule has 0 radical (unpaired) electrons. The van der Waals surface area contributed by atoms with Gasteiger partial charge >= 0.3 is 0 Å². The van der Waals surface area contributed by atoms with Crippen molar-refractivity contribution in [3.63, 3.8) is 0 Å². The lowest BCUT2D eigenvalue weighted by Crippen LogP contribution is -2.04. The standard InChI is InChI=1S/C9H6FN3/c10-7-1-2-9-8(3-7)6(4-11)5-13(9)12/h1-3,5H,12H2. The van der Waals surface area contributed by atoms with Crippen molar-refractivity contribution < 1.29 is 4.39 Å². The van der Waals surface area contributed by atoms with E-state index in [0.717, 1.165) is 0 Å². The maximum Gasteiger partial charge on any atom is 0.124 e. The first kappa shape index (κ1) is 7.62. The van der Waals surface area contributed by atoms with Gasteiger partial charge in [0.15, 0.2) is 0 Å². The van der Waals surface area contributed by atoms with Crippen LogP contribution in [0.3, 0.4) is 0 Å². The van der Waals surface area contributed by atoms with Crippen LogP contribution in [0.25, 0.3) is 10.9 Å². The van der Waals surface area contributed by atoms with Crippen molar-refractivity contribution in [1.82, 2.24) is 4.68 Å². The topological polar surface area (TPSA) is 54.7 Å². The third-order valence-electron chi connectivity index (χ3n) is 1.92. The van der Waals surface area contributed by atoms with Gasteiger partial charge in [0, 0.05) is 11.6 Å². The van der Waals surface area contributed by atoms with E-state index in [1.807, 2.05) is 6.07 Å². The summed E-state index contributed by atoms with van der Waals surface area (Å²) in [6.07, 6.45) is 1.48. The van der Waals surface area contributed by atoms with Crippen LogP contribution in [0.5, 0.6) is 0 Å². The minimum atomic E-state index is -0.366. The van der Waals surface area contributed by atoms with E-state index < -0.39 is 0 Å². The molecule has 1 aromatic carbocycles. The van der Waals surface area contributed by atoms with Crippen molar-refractivity contribution in [2.45, 2.75) is 0 Å². The van der Waals surface area contributed by atoms with Gasteiger partial charge in [0.25, 0.3) is 0 Å². The van der Waals surface area contributed by atoms with Gasteiger partial charge in [-0.15, -0.1) is 0 Å². The van der Waals surface area contributed by atoms with Crippen LogP contribution in [-0.4, -0.2) is 4.68 Å². The van der Waals surface area contributed by atoms with E-state index in [1.165, 1.54) is 23.0 Å². The van der Waals surface area contributed by atoms with E-state index in [4.69, 9.17) is 11.1 Å². The summed E-state index contributed by atoms with van der Waals surface area (Å²) < 4.78 is 14.1. The van der Waals surface area contributed by atoms with Gasteiger partial charge in [-0.1, -0.05) is 0 Å². The molecule has 4 heteroatoms. The fraction of sp³-hybridized carbons (Fsp3) is 0. The van der Waals surface area contributed by atoms with E-state index in [0.29, 0.717) is 16.5 Å². The Balaban J connectivity index is 2.91. The summed E-state index contributed by atoms with van der Waals surface area (Å²) in [5.74, 6) is 5.18. The molecule has 1 aromatic heterocycles. The summed E-state index contributed by atoms with van der Waals surface area (Å²) in [5, 5.41) is 9.24. The molecule has 0 bridgehead atoms. The lowest BCUT2D eigenvalue weighted by atomic mass is 10.2. The van der Waals surface area contributed by atoms with Crippen molar-refractivity contribution in [1.29, 1.82) is 5.26 Å². The smallest absolute Gasteiger partial charge is 0.124 e. The van der Waals surface area contributed by atoms with Crippen molar-refractivity contribution in [3.05, 3.63) is 35.8 Å². The predicted molar refractivity (Wildman–Crippen MR) is 46.8 cm³/mol. The summed E-state index contributed by atoms with van der Waals surface area (Å²) in [6, 6.07) is 6.11. The summed E-state index contributed by atoms with van der Waals surface area (Å²) in [7, 11) is 0. The number of aromatic nitrogens is 1. The van der Waals surface area contributed by atoms with E-state index in [2.05, 4.69) is 0 Å². The lowest BCUT2D eigenvalue weighted by Gasteiger charge is -1.94. The average molecular weight is 175 g/mol. The van der Waals surface area contributed by atoms with Gasteiger partial charge in [0.05, 0.1) is 11.1 Å². The molecule has 0 aliphatic carbocycles. The van der Waals surface area contributed by atoms with E-state index >= 15 is 0 Å². The van der Waals surface area contributed by atoms with Crippen molar-refractivity contribution in [3.8, 4) is 6.07 Å². The predicted octanol–water partition coefficient (Wildman–Crippen LogP) is 1.37.